The van der Waals surface area contributed by atoms with Crippen LogP contribution in [0.4, 0.5) is 5.69 Å². The maximum absolute atomic E-state index is 11.0. The number of hydrogen-bond donors (Lipinski definition) is 1. The Morgan fingerprint density at radius 2 is 2.20 bits per heavy atom. The van der Waals surface area contributed by atoms with Crippen LogP contribution in [0.15, 0.2) is 12.1 Å². The molecule has 15 heavy (non-hydrogen) atoms. The van der Waals surface area contributed by atoms with Gasteiger partial charge in [0.25, 0.3) is 11.6 Å². The first kappa shape index (κ1) is 10.7. The second kappa shape index (κ2) is 3.75. The first-order valence-corrected chi connectivity index (χ1v) is 3.97. The minimum Gasteiger partial charge on any atom is -0.366 e. The molecule has 0 bridgehead atoms. The summed E-state index contributed by atoms with van der Waals surface area (Å²) in [5.74, 6) is -0.840. The van der Waals surface area contributed by atoms with E-state index < -0.39 is 10.8 Å². The number of nitro groups is 1. The molecule has 0 radical (unpaired) electrons. The van der Waals surface area contributed by atoms with Gasteiger partial charge in [-0.2, -0.15) is 5.26 Å². The average molecular weight is 205 g/mol. The van der Waals surface area contributed by atoms with Crippen LogP contribution in [0.1, 0.15) is 21.5 Å². The molecule has 0 saturated heterocycles. The molecule has 0 aliphatic rings. The number of nitrogens with zero attached hydrogens (tertiary/aromatic N) is 2. The number of rotatable bonds is 2. The summed E-state index contributed by atoms with van der Waals surface area (Å²) in [5, 5.41) is 19.3. The quantitative estimate of drug-likeness (QED) is 0.570. The maximum atomic E-state index is 11.0. The Morgan fingerprint density at radius 3 is 2.60 bits per heavy atom. The molecule has 1 aromatic rings. The van der Waals surface area contributed by atoms with E-state index in [1.54, 1.807) is 6.07 Å². The number of nitriles is 1. The molecular formula is C9H7N3O3. The second-order valence-corrected chi connectivity index (χ2v) is 2.87. The second-order valence-electron chi connectivity index (χ2n) is 2.87. The van der Waals surface area contributed by atoms with Gasteiger partial charge >= 0.3 is 0 Å². The standard InChI is InChI=1S/C9H7N3O3/c1-5-7(12(14)15)3-2-6(4-10)8(5)9(11)13/h2-3H,1H3,(H2,11,13). The summed E-state index contributed by atoms with van der Waals surface area (Å²) in [6.07, 6.45) is 0. The SMILES string of the molecule is Cc1c([N+](=O)[O-])ccc(C#N)c1C(N)=O. The third-order valence-electron chi connectivity index (χ3n) is 2.00. The molecular weight excluding hydrogens is 198 g/mol. The fourth-order valence-corrected chi connectivity index (χ4v) is 1.31. The minimum absolute atomic E-state index is 0.0469. The van der Waals surface area contributed by atoms with E-state index in [4.69, 9.17) is 11.0 Å². The number of nitrogens with two attached hydrogens (primary N) is 1. The van der Waals surface area contributed by atoms with E-state index in [9.17, 15) is 14.9 Å². The zero-order valence-electron chi connectivity index (χ0n) is 7.85. The summed E-state index contributed by atoms with van der Waals surface area (Å²) < 4.78 is 0. The lowest BCUT2D eigenvalue weighted by Crippen LogP contribution is -2.15. The third kappa shape index (κ3) is 1.76. The van der Waals surface area contributed by atoms with Crippen molar-refractivity contribution in [3.8, 4) is 6.07 Å². The van der Waals surface area contributed by atoms with Crippen LogP contribution in [0, 0.1) is 28.4 Å². The molecule has 6 nitrogen and oxygen atoms in total. The van der Waals surface area contributed by atoms with Crippen molar-refractivity contribution >= 4 is 11.6 Å². The summed E-state index contributed by atoms with van der Waals surface area (Å²) in [4.78, 5) is 21.0. The molecule has 0 aromatic heterocycles. The van der Waals surface area contributed by atoms with Crippen molar-refractivity contribution in [1.29, 1.82) is 5.26 Å². The maximum Gasteiger partial charge on any atom is 0.273 e. The Morgan fingerprint density at radius 1 is 1.60 bits per heavy atom. The Hall–Kier alpha value is -2.42. The fraction of sp³-hybridized carbons (Fsp3) is 0.111. The van der Waals surface area contributed by atoms with Crippen LogP contribution >= 0.6 is 0 Å². The summed E-state index contributed by atoms with van der Waals surface area (Å²) in [6, 6.07) is 4.15. The van der Waals surface area contributed by atoms with Gasteiger partial charge < -0.3 is 5.73 Å². The molecule has 0 spiro atoms. The number of carbonyl (C=O) groups is 1. The molecule has 0 fully saturated rings. The van der Waals surface area contributed by atoms with E-state index in [1.807, 2.05) is 0 Å². The number of nitro benzene ring substituents is 1. The van der Waals surface area contributed by atoms with Crippen LogP contribution in [0.5, 0.6) is 0 Å². The lowest BCUT2D eigenvalue weighted by atomic mass is 10.0. The topological polar surface area (TPSA) is 110 Å². The number of hydrogen-bond acceptors (Lipinski definition) is 4. The number of primary amides is 1. The molecule has 0 saturated carbocycles. The highest BCUT2D eigenvalue weighted by Crippen LogP contribution is 2.23. The highest BCUT2D eigenvalue weighted by atomic mass is 16.6. The first-order valence-electron chi connectivity index (χ1n) is 3.97. The zero-order chi connectivity index (χ0) is 11.6. The molecule has 0 atom stereocenters. The number of benzene rings is 1. The monoisotopic (exact) mass is 205 g/mol. The molecule has 1 amide bonds. The summed E-state index contributed by atoms with van der Waals surface area (Å²) in [6.45, 7) is 1.39. The Bertz CT molecular complexity index is 488. The number of carbonyl (C=O) groups excluding carboxylic acids is 1. The van der Waals surface area contributed by atoms with Gasteiger partial charge in [0.1, 0.15) is 0 Å². The van der Waals surface area contributed by atoms with Crippen molar-refractivity contribution in [1.82, 2.24) is 0 Å². The van der Waals surface area contributed by atoms with Crippen molar-refractivity contribution < 1.29 is 9.72 Å². The summed E-state index contributed by atoms with van der Waals surface area (Å²) in [5.41, 5.74) is 4.90. The van der Waals surface area contributed by atoms with Gasteiger partial charge in [-0.25, -0.2) is 0 Å². The van der Waals surface area contributed by atoms with Gasteiger partial charge in [-0.05, 0) is 13.0 Å². The van der Waals surface area contributed by atoms with Gasteiger partial charge in [-0.15, -0.1) is 0 Å². The largest absolute Gasteiger partial charge is 0.366 e. The minimum atomic E-state index is -0.840. The molecule has 1 aromatic carbocycles. The molecule has 0 aliphatic heterocycles. The molecule has 0 heterocycles. The molecule has 0 unspecified atom stereocenters. The summed E-state index contributed by atoms with van der Waals surface area (Å²) in [7, 11) is 0. The number of amides is 1. The van der Waals surface area contributed by atoms with Crippen molar-refractivity contribution in [2.45, 2.75) is 6.92 Å². The van der Waals surface area contributed by atoms with Crippen LogP contribution < -0.4 is 5.73 Å². The van der Waals surface area contributed by atoms with Crippen molar-refractivity contribution in [2.24, 2.45) is 5.73 Å². The van der Waals surface area contributed by atoms with Gasteiger partial charge in [0.05, 0.1) is 22.1 Å². The average Bonchev–Trinajstić information content (AvgIpc) is 2.15. The van der Waals surface area contributed by atoms with E-state index in [0.717, 1.165) is 0 Å². The predicted octanol–water partition coefficient (Wildman–Crippen LogP) is 0.874. The van der Waals surface area contributed by atoms with E-state index in [0.29, 0.717) is 0 Å². The highest BCUT2D eigenvalue weighted by molar-refractivity contribution is 5.97. The zero-order valence-corrected chi connectivity index (χ0v) is 7.85. The van der Waals surface area contributed by atoms with Crippen LogP contribution in [-0.2, 0) is 0 Å². The molecule has 0 aliphatic carbocycles. The van der Waals surface area contributed by atoms with Crippen LogP contribution in [-0.4, -0.2) is 10.8 Å². The Labute approximate surface area is 85.1 Å². The lowest BCUT2D eigenvalue weighted by Gasteiger charge is -2.04. The van der Waals surface area contributed by atoms with Crippen molar-refractivity contribution in [3.05, 3.63) is 38.9 Å². The van der Waals surface area contributed by atoms with E-state index >= 15 is 0 Å². The fourth-order valence-electron chi connectivity index (χ4n) is 1.31. The third-order valence-corrected chi connectivity index (χ3v) is 2.00. The van der Waals surface area contributed by atoms with E-state index in [2.05, 4.69) is 0 Å². The van der Waals surface area contributed by atoms with Gasteiger partial charge in [-0.1, -0.05) is 0 Å². The van der Waals surface area contributed by atoms with Crippen LogP contribution in [0.3, 0.4) is 0 Å². The highest BCUT2D eigenvalue weighted by Gasteiger charge is 2.20. The predicted molar refractivity (Wildman–Crippen MR) is 51.1 cm³/mol. The molecule has 76 valence electrons. The lowest BCUT2D eigenvalue weighted by molar-refractivity contribution is -0.385. The Kier molecular flexibility index (Phi) is 2.67. The normalized spacial score (nSPS) is 9.33. The first-order chi connectivity index (χ1) is 6.99. The van der Waals surface area contributed by atoms with Gasteiger partial charge in [0, 0.05) is 11.6 Å². The molecule has 1 rings (SSSR count). The van der Waals surface area contributed by atoms with Gasteiger partial charge in [-0.3, -0.25) is 14.9 Å². The molecule has 2 N–H and O–H groups in total. The smallest absolute Gasteiger partial charge is 0.273 e. The van der Waals surface area contributed by atoms with Gasteiger partial charge in [0.2, 0.25) is 0 Å². The summed E-state index contributed by atoms with van der Waals surface area (Å²) >= 11 is 0. The Balaban J connectivity index is 3.58. The van der Waals surface area contributed by atoms with Crippen LogP contribution in [0.25, 0.3) is 0 Å². The van der Waals surface area contributed by atoms with Crippen molar-refractivity contribution in [3.63, 3.8) is 0 Å². The van der Waals surface area contributed by atoms with E-state index in [-0.39, 0.29) is 22.4 Å². The molecule has 6 heteroatoms. The van der Waals surface area contributed by atoms with Crippen LogP contribution in [0.2, 0.25) is 0 Å². The van der Waals surface area contributed by atoms with Gasteiger partial charge in [0.15, 0.2) is 0 Å². The van der Waals surface area contributed by atoms with E-state index in [1.165, 1.54) is 19.1 Å². The van der Waals surface area contributed by atoms with Crippen molar-refractivity contribution in [2.75, 3.05) is 0 Å².